The monoisotopic (exact) mass is 328 g/mol. The normalized spacial score (nSPS) is 18.5. The van der Waals surface area contributed by atoms with Crippen LogP contribution in [-0.4, -0.2) is 27.0 Å². The summed E-state index contributed by atoms with van der Waals surface area (Å²) in [6, 6.07) is 8.03. The number of benzene rings is 1. The molecule has 3 rings (SSSR count). The molecule has 1 aromatic heterocycles. The molecule has 0 fully saturated rings. The predicted octanol–water partition coefficient (Wildman–Crippen LogP) is 1.85. The van der Waals surface area contributed by atoms with Crippen LogP contribution in [0.5, 0.6) is 5.88 Å². The number of hydrogen-bond donors (Lipinski definition) is 3. The Morgan fingerprint density at radius 2 is 2.12 bits per heavy atom. The Labute approximate surface area is 139 Å². The fourth-order valence-corrected chi connectivity index (χ4v) is 2.97. The molecule has 1 amide bonds. The van der Waals surface area contributed by atoms with Crippen LogP contribution in [0.15, 0.2) is 35.1 Å². The molecule has 2 atom stereocenters. The summed E-state index contributed by atoms with van der Waals surface area (Å²) in [5.41, 5.74) is 1.21. The highest BCUT2D eigenvalue weighted by Gasteiger charge is 2.35. The fourth-order valence-electron chi connectivity index (χ4n) is 2.97. The third-order valence-corrected chi connectivity index (χ3v) is 4.39. The number of aromatic nitrogens is 2. The molecule has 0 bridgehead atoms. The van der Waals surface area contributed by atoms with Gasteiger partial charge in [0.1, 0.15) is 6.04 Å². The summed E-state index contributed by atoms with van der Waals surface area (Å²) in [6.07, 6.45) is 0.786. The van der Waals surface area contributed by atoms with E-state index in [1.54, 1.807) is 4.90 Å². The van der Waals surface area contributed by atoms with Gasteiger partial charge >= 0.3 is 0 Å². The summed E-state index contributed by atoms with van der Waals surface area (Å²) < 4.78 is 0. The predicted molar refractivity (Wildman–Crippen MR) is 91.0 cm³/mol. The Balaban J connectivity index is 2.13. The smallest absolute Gasteiger partial charge is 0.256 e. The minimum Gasteiger partial charge on any atom is -0.493 e. The van der Waals surface area contributed by atoms with E-state index in [9.17, 15) is 14.7 Å². The zero-order valence-electron chi connectivity index (χ0n) is 13.6. The lowest BCUT2D eigenvalue weighted by molar-refractivity contribution is -0.118. The van der Waals surface area contributed by atoms with Crippen LogP contribution in [0.25, 0.3) is 0 Å². The van der Waals surface area contributed by atoms with E-state index in [-0.39, 0.29) is 23.7 Å². The summed E-state index contributed by atoms with van der Waals surface area (Å²) in [6.45, 7) is 4.39. The van der Waals surface area contributed by atoms with E-state index in [0.717, 1.165) is 23.7 Å². The van der Waals surface area contributed by atoms with Crippen molar-refractivity contribution in [2.24, 2.45) is 5.92 Å². The van der Waals surface area contributed by atoms with E-state index in [1.807, 2.05) is 38.1 Å². The second-order valence-corrected chi connectivity index (χ2v) is 6.03. The van der Waals surface area contributed by atoms with E-state index < -0.39 is 11.6 Å². The number of carbonyl (C=O) groups is 1. The number of nitrogens with one attached hydrogen (secondary N) is 2. The molecule has 0 aliphatic carbocycles. The first-order chi connectivity index (χ1) is 11.5. The van der Waals surface area contributed by atoms with Gasteiger partial charge in [0.15, 0.2) is 0 Å². The number of H-pyrrole nitrogens is 1. The maximum atomic E-state index is 12.8. The van der Waals surface area contributed by atoms with E-state index in [0.29, 0.717) is 6.54 Å². The molecule has 7 nitrogen and oxygen atoms in total. The lowest BCUT2D eigenvalue weighted by Crippen LogP contribution is -2.47. The third-order valence-electron chi connectivity index (χ3n) is 4.39. The molecule has 126 valence electrons. The Morgan fingerprint density at radius 3 is 2.83 bits per heavy atom. The van der Waals surface area contributed by atoms with Gasteiger partial charge in [0.25, 0.3) is 5.56 Å². The van der Waals surface area contributed by atoms with Crippen LogP contribution in [0, 0.1) is 5.92 Å². The number of hydrogen-bond acceptors (Lipinski definition) is 5. The number of fused-ring (bicyclic) bond motifs is 1. The zero-order chi connectivity index (χ0) is 17.3. The molecule has 0 saturated heterocycles. The maximum Gasteiger partial charge on any atom is 0.256 e. The number of anilines is 2. The van der Waals surface area contributed by atoms with E-state index in [1.165, 1.54) is 0 Å². The molecule has 0 spiro atoms. The third kappa shape index (κ3) is 2.97. The standard InChI is InChI=1S/C17H20N4O3/c1-3-10(2)15-16(24)18-12-7-5-4-6-11(12)9-21(15)17-19-13(22)8-14(23)20-17/h4-8,10,15H,3,9H2,1-2H3,(H,18,24)(H2,19,20,22,23). The lowest BCUT2D eigenvalue weighted by atomic mass is 9.97. The Hall–Kier alpha value is -2.83. The summed E-state index contributed by atoms with van der Waals surface area (Å²) in [5, 5.41) is 12.6. The molecule has 24 heavy (non-hydrogen) atoms. The van der Waals surface area contributed by atoms with Gasteiger partial charge in [-0.2, -0.15) is 4.98 Å². The van der Waals surface area contributed by atoms with Crippen molar-refractivity contribution in [2.75, 3.05) is 10.2 Å². The highest BCUT2D eigenvalue weighted by atomic mass is 16.3. The molecule has 2 aromatic rings. The number of carbonyl (C=O) groups excluding carboxylic acids is 1. The first kappa shape index (κ1) is 16.0. The van der Waals surface area contributed by atoms with Gasteiger partial charge in [0.2, 0.25) is 17.7 Å². The topological polar surface area (TPSA) is 98.3 Å². The van der Waals surface area contributed by atoms with Crippen LogP contribution < -0.4 is 15.8 Å². The molecule has 1 aliphatic heterocycles. The first-order valence-corrected chi connectivity index (χ1v) is 7.95. The van der Waals surface area contributed by atoms with Gasteiger partial charge in [0.05, 0.1) is 6.07 Å². The quantitative estimate of drug-likeness (QED) is 0.799. The Kier molecular flexibility index (Phi) is 4.24. The van der Waals surface area contributed by atoms with E-state index >= 15 is 0 Å². The van der Waals surface area contributed by atoms with Gasteiger partial charge in [0, 0.05) is 12.2 Å². The van der Waals surface area contributed by atoms with Gasteiger partial charge in [-0.05, 0) is 17.5 Å². The number of nitrogens with zero attached hydrogens (tertiary/aromatic N) is 2. The summed E-state index contributed by atoms with van der Waals surface area (Å²) in [5.74, 6) is -0.293. The van der Waals surface area contributed by atoms with Gasteiger partial charge in [-0.3, -0.25) is 14.6 Å². The molecular formula is C17H20N4O3. The zero-order valence-corrected chi connectivity index (χ0v) is 13.6. The van der Waals surface area contributed by atoms with Crippen LogP contribution in [0.3, 0.4) is 0 Å². The van der Waals surface area contributed by atoms with Crippen molar-refractivity contribution in [2.45, 2.75) is 32.9 Å². The van der Waals surface area contributed by atoms with Crippen molar-refractivity contribution in [3.8, 4) is 5.88 Å². The average Bonchev–Trinajstić information content (AvgIpc) is 2.69. The van der Waals surface area contributed by atoms with Gasteiger partial charge in [-0.1, -0.05) is 38.5 Å². The molecule has 0 saturated carbocycles. The number of para-hydroxylation sites is 1. The van der Waals surface area contributed by atoms with Crippen LogP contribution in [0.2, 0.25) is 0 Å². The number of rotatable bonds is 3. The molecule has 2 unspecified atom stereocenters. The molecule has 7 heteroatoms. The van der Waals surface area contributed by atoms with Crippen LogP contribution in [-0.2, 0) is 11.3 Å². The SMILES string of the molecule is CCC(C)C1C(=O)Nc2ccccc2CN1c1nc(O)cc(=O)[nH]1. The van der Waals surface area contributed by atoms with Crippen molar-refractivity contribution >= 4 is 17.5 Å². The van der Waals surface area contributed by atoms with Gasteiger partial charge < -0.3 is 15.3 Å². The molecule has 0 radical (unpaired) electrons. The van der Waals surface area contributed by atoms with Crippen LogP contribution >= 0.6 is 0 Å². The average molecular weight is 328 g/mol. The molecule has 3 N–H and O–H groups in total. The van der Waals surface area contributed by atoms with E-state index in [4.69, 9.17) is 0 Å². The molecule has 2 heterocycles. The minimum atomic E-state index is -0.507. The van der Waals surface area contributed by atoms with Crippen molar-refractivity contribution in [3.63, 3.8) is 0 Å². The van der Waals surface area contributed by atoms with Crippen LogP contribution in [0.4, 0.5) is 11.6 Å². The van der Waals surface area contributed by atoms with Crippen LogP contribution in [0.1, 0.15) is 25.8 Å². The van der Waals surface area contributed by atoms with Crippen molar-refractivity contribution < 1.29 is 9.90 Å². The Bertz CT molecular complexity index is 817. The number of aromatic hydroxyl groups is 1. The second-order valence-electron chi connectivity index (χ2n) is 6.03. The fraction of sp³-hybridized carbons (Fsp3) is 0.353. The largest absolute Gasteiger partial charge is 0.493 e. The Morgan fingerprint density at radius 1 is 1.38 bits per heavy atom. The van der Waals surface area contributed by atoms with Crippen molar-refractivity contribution in [3.05, 3.63) is 46.2 Å². The highest BCUT2D eigenvalue weighted by Crippen LogP contribution is 2.29. The minimum absolute atomic E-state index is 0.0342. The number of amides is 1. The molecule has 1 aromatic carbocycles. The van der Waals surface area contributed by atoms with Crippen molar-refractivity contribution in [1.29, 1.82) is 0 Å². The second kappa shape index (κ2) is 6.35. The van der Waals surface area contributed by atoms with Crippen molar-refractivity contribution in [1.82, 2.24) is 9.97 Å². The van der Waals surface area contributed by atoms with E-state index in [2.05, 4.69) is 15.3 Å². The highest BCUT2D eigenvalue weighted by molar-refractivity contribution is 5.98. The number of aromatic amines is 1. The van der Waals surface area contributed by atoms with Gasteiger partial charge in [-0.15, -0.1) is 0 Å². The molecule has 1 aliphatic rings. The summed E-state index contributed by atoms with van der Waals surface area (Å²) in [4.78, 5) is 32.9. The first-order valence-electron chi connectivity index (χ1n) is 7.95. The van der Waals surface area contributed by atoms with Gasteiger partial charge in [-0.25, -0.2) is 0 Å². The lowest BCUT2D eigenvalue weighted by Gasteiger charge is -2.32. The summed E-state index contributed by atoms with van der Waals surface area (Å²) >= 11 is 0. The maximum absolute atomic E-state index is 12.8. The molecular weight excluding hydrogens is 308 g/mol. The summed E-state index contributed by atoms with van der Waals surface area (Å²) in [7, 11) is 0.